The van der Waals surface area contributed by atoms with Crippen LogP contribution in [0.4, 0.5) is 0 Å². The normalized spacial score (nSPS) is 24.7. The van der Waals surface area contributed by atoms with Crippen LogP contribution >= 0.6 is 0 Å². The van der Waals surface area contributed by atoms with Gasteiger partial charge in [0.15, 0.2) is 0 Å². The fraction of sp³-hybridized carbons (Fsp3) is 0.625. The highest BCUT2D eigenvalue weighted by molar-refractivity contribution is 7.89. The average molecular weight is 340 g/mol. The van der Waals surface area contributed by atoms with Crippen molar-refractivity contribution >= 4 is 10.0 Å². The average Bonchev–Trinajstić information content (AvgIpc) is 3.14. The smallest absolute Gasteiger partial charge is 0.243 e. The molecule has 0 aromatic heterocycles. The number of hydrogen-bond acceptors (Lipinski definition) is 5. The highest BCUT2D eigenvalue weighted by Gasteiger charge is 2.41. The molecule has 0 unspecified atom stereocenters. The number of sulfonamides is 1. The third kappa shape index (κ3) is 3.68. The summed E-state index contributed by atoms with van der Waals surface area (Å²) in [5, 5.41) is 3.32. The van der Waals surface area contributed by atoms with Gasteiger partial charge in [-0.15, -0.1) is 0 Å². The minimum Gasteiger partial charge on any atom is -0.491 e. The molecule has 1 aromatic rings. The van der Waals surface area contributed by atoms with Gasteiger partial charge in [-0.25, -0.2) is 8.42 Å². The van der Waals surface area contributed by atoms with E-state index >= 15 is 0 Å². The molecule has 6 nitrogen and oxygen atoms in total. The molecule has 2 heterocycles. The number of nitrogens with one attached hydrogen (secondary N) is 1. The Morgan fingerprint density at radius 3 is 2.39 bits per heavy atom. The zero-order valence-corrected chi connectivity index (χ0v) is 14.2. The number of benzene rings is 1. The second kappa shape index (κ2) is 7.17. The molecule has 1 aromatic carbocycles. The van der Waals surface area contributed by atoms with Crippen LogP contribution in [0.2, 0.25) is 0 Å². The number of nitrogens with zero attached hydrogens (tertiary/aromatic N) is 1. The van der Waals surface area contributed by atoms with Crippen LogP contribution in [0.15, 0.2) is 29.2 Å². The molecule has 0 spiro atoms. The molecule has 128 valence electrons. The Kier molecular flexibility index (Phi) is 5.21. The maximum absolute atomic E-state index is 12.7. The number of ether oxygens (including phenoxy) is 2. The first-order valence-corrected chi connectivity index (χ1v) is 9.56. The molecule has 0 saturated carbocycles. The van der Waals surface area contributed by atoms with E-state index in [1.165, 1.54) is 0 Å². The number of hydrogen-bond donors (Lipinski definition) is 1. The lowest BCUT2D eigenvalue weighted by molar-refractivity contribution is 0.110. The van der Waals surface area contributed by atoms with Gasteiger partial charge in [0.1, 0.15) is 12.4 Å². The molecule has 0 aliphatic carbocycles. The van der Waals surface area contributed by atoms with E-state index in [2.05, 4.69) is 5.32 Å². The van der Waals surface area contributed by atoms with Crippen molar-refractivity contribution in [2.24, 2.45) is 11.8 Å². The van der Waals surface area contributed by atoms with E-state index in [1.54, 1.807) is 28.6 Å². The Labute approximate surface area is 137 Å². The molecule has 2 aliphatic heterocycles. The fourth-order valence-corrected chi connectivity index (χ4v) is 4.78. The van der Waals surface area contributed by atoms with Crippen molar-refractivity contribution in [2.75, 3.05) is 46.0 Å². The molecule has 0 amide bonds. The molecule has 2 aliphatic rings. The van der Waals surface area contributed by atoms with E-state index in [1.807, 2.05) is 6.92 Å². The van der Waals surface area contributed by atoms with Gasteiger partial charge in [0.25, 0.3) is 0 Å². The van der Waals surface area contributed by atoms with Gasteiger partial charge in [-0.05, 0) is 56.1 Å². The fourth-order valence-electron chi connectivity index (χ4n) is 3.23. The lowest BCUT2D eigenvalue weighted by Crippen LogP contribution is -2.31. The maximum Gasteiger partial charge on any atom is 0.243 e. The molecule has 2 fully saturated rings. The van der Waals surface area contributed by atoms with E-state index in [9.17, 15) is 8.42 Å². The lowest BCUT2D eigenvalue weighted by Gasteiger charge is -2.17. The Bertz CT molecular complexity index is 605. The summed E-state index contributed by atoms with van der Waals surface area (Å²) in [6.45, 7) is 6.66. The van der Waals surface area contributed by atoms with Crippen molar-refractivity contribution in [1.82, 2.24) is 9.62 Å². The summed E-state index contributed by atoms with van der Waals surface area (Å²) in [7, 11) is -3.40. The first-order valence-electron chi connectivity index (χ1n) is 8.12. The van der Waals surface area contributed by atoms with E-state index in [-0.39, 0.29) is 0 Å². The summed E-state index contributed by atoms with van der Waals surface area (Å²) in [5.41, 5.74) is 0. The Morgan fingerprint density at radius 1 is 1.13 bits per heavy atom. The largest absolute Gasteiger partial charge is 0.491 e. The minimum atomic E-state index is -3.40. The van der Waals surface area contributed by atoms with Crippen LogP contribution in [0, 0.1) is 11.8 Å². The van der Waals surface area contributed by atoms with Crippen LogP contribution in [-0.2, 0) is 14.8 Å². The minimum absolute atomic E-state index is 0.336. The van der Waals surface area contributed by atoms with E-state index < -0.39 is 10.0 Å². The second-order valence-corrected chi connectivity index (χ2v) is 7.96. The Hall–Kier alpha value is -1.15. The van der Waals surface area contributed by atoms with Crippen LogP contribution < -0.4 is 10.1 Å². The predicted molar refractivity (Wildman–Crippen MR) is 87.0 cm³/mol. The summed E-state index contributed by atoms with van der Waals surface area (Å²) in [6.07, 6.45) is 0. The third-order valence-electron chi connectivity index (χ3n) is 4.52. The molecule has 7 heteroatoms. The molecule has 0 radical (unpaired) electrons. The summed E-state index contributed by atoms with van der Waals surface area (Å²) in [6, 6.07) is 6.66. The summed E-state index contributed by atoms with van der Waals surface area (Å²) < 4.78 is 37.8. The Morgan fingerprint density at radius 2 is 1.78 bits per heavy atom. The first kappa shape index (κ1) is 16.7. The third-order valence-corrected chi connectivity index (χ3v) is 6.36. The summed E-state index contributed by atoms with van der Waals surface area (Å²) >= 11 is 0. The monoisotopic (exact) mass is 340 g/mol. The van der Waals surface area contributed by atoms with Gasteiger partial charge in [-0.3, -0.25) is 0 Å². The molecule has 0 bridgehead atoms. The highest BCUT2D eigenvalue weighted by atomic mass is 32.2. The molecule has 1 N–H and O–H groups in total. The second-order valence-electron chi connectivity index (χ2n) is 6.02. The standard InChI is InChI=1S/C16H24N2O4S/c1-2-21-7-8-22-15-3-5-16(6-4-15)23(19,20)18-11-13-9-17-10-14(13)12-18/h3-6,13-14,17H,2,7-12H2,1H3/t13-,14+. The molecular weight excluding hydrogens is 316 g/mol. The van der Waals surface area contributed by atoms with Gasteiger partial charge < -0.3 is 14.8 Å². The molecule has 23 heavy (non-hydrogen) atoms. The van der Waals surface area contributed by atoms with Gasteiger partial charge >= 0.3 is 0 Å². The topological polar surface area (TPSA) is 67.9 Å². The van der Waals surface area contributed by atoms with Crippen LogP contribution in [0.25, 0.3) is 0 Å². The zero-order chi connectivity index (χ0) is 16.3. The van der Waals surface area contributed by atoms with Gasteiger partial charge in [-0.2, -0.15) is 4.31 Å². The van der Waals surface area contributed by atoms with Gasteiger partial charge in [0.2, 0.25) is 10.0 Å². The van der Waals surface area contributed by atoms with Crippen LogP contribution in [0.3, 0.4) is 0 Å². The van der Waals surface area contributed by atoms with Crippen LogP contribution in [0.5, 0.6) is 5.75 Å². The van der Waals surface area contributed by atoms with Crippen LogP contribution in [0.1, 0.15) is 6.92 Å². The molecule has 3 rings (SSSR count). The molecule has 2 saturated heterocycles. The van der Waals surface area contributed by atoms with Gasteiger partial charge in [0, 0.05) is 19.7 Å². The highest BCUT2D eigenvalue weighted by Crippen LogP contribution is 2.31. The Balaban J connectivity index is 1.62. The van der Waals surface area contributed by atoms with Crippen molar-refractivity contribution in [3.05, 3.63) is 24.3 Å². The van der Waals surface area contributed by atoms with Crippen molar-refractivity contribution in [2.45, 2.75) is 11.8 Å². The summed E-state index contributed by atoms with van der Waals surface area (Å²) in [5.74, 6) is 1.56. The quantitative estimate of drug-likeness (QED) is 0.748. The predicted octanol–water partition coefficient (Wildman–Crippen LogP) is 0.942. The number of fused-ring (bicyclic) bond motifs is 1. The van der Waals surface area contributed by atoms with Gasteiger partial charge in [-0.1, -0.05) is 0 Å². The lowest BCUT2D eigenvalue weighted by atomic mass is 10.0. The summed E-state index contributed by atoms with van der Waals surface area (Å²) in [4.78, 5) is 0.336. The SMILES string of the molecule is CCOCCOc1ccc(S(=O)(=O)N2C[C@H]3CNC[C@H]3C2)cc1. The first-order chi connectivity index (χ1) is 11.1. The van der Waals surface area contributed by atoms with Crippen molar-refractivity contribution < 1.29 is 17.9 Å². The molecular formula is C16H24N2O4S. The number of rotatable bonds is 7. The zero-order valence-electron chi connectivity index (χ0n) is 13.4. The van der Waals surface area contributed by atoms with Crippen molar-refractivity contribution in [3.63, 3.8) is 0 Å². The maximum atomic E-state index is 12.7. The van der Waals surface area contributed by atoms with E-state index in [0.717, 1.165) is 13.1 Å². The van der Waals surface area contributed by atoms with Gasteiger partial charge in [0.05, 0.1) is 11.5 Å². The van der Waals surface area contributed by atoms with Crippen molar-refractivity contribution in [1.29, 1.82) is 0 Å². The molecule has 2 atom stereocenters. The van der Waals surface area contributed by atoms with E-state index in [4.69, 9.17) is 9.47 Å². The van der Waals surface area contributed by atoms with E-state index in [0.29, 0.717) is 55.4 Å². The van der Waals surface area contributed by atoms with Crippen molar-refractivity contribution in [3.8, 4) is 5.75 Å². The van der Waals surface area contributed by atoms with Crippen LogP contribution in [-0.4, -0.2) is 58.7 Å².